The molecule has 0 saturated heterocycles. The molecular formula is C23H34O3S. The average Bonchev–Trinajstić information content (AvgIpc) is 2.64. The average molecular weight is 391 g/mol. The number of allylic oxidation sites excluding steroid dienone is 4. The maximum Gasteiger partial charge on any atom is 0.133 e. The first-order valence-electron chi connectivity index (χ1n) is 9.75. The number of thiol groups is 1. The monoisotopic (exact) mass is 390 g/mol. The number of hydrogen-bond acceptors (Lipinski definition) is 4. The second-order valence-electron chi connectivity index (χ2n) is 7.48. The summed E-state index contributed by atoms with van der Waals surface area (Å²) in [6, 6.07) is 0. The van der Waals surface area contributed by atoms with Crippen molar-refractivity contribution in [2.45, 2.75) is 78.5 Å². The molecule has 0 aromatic heterocycles. The largest absolute Gasteiger partial charge is 0.507 e. The van der Waals surface area contributed by atoms with E-state index in [9.17, 15) is 15.0 Å². The number of rotatable bonds is 4. The molecule has 2 rings (SSSR count). The summed E-state index contributed by atoms with van der Waals surface area (Å²) in [6.45, 7) is 11.7. The lowest BCUT2D eigenvalue weighted by Gasteiger charge is -2.29. The summed E-state index contributed by atoms with van der Waals surface area (Å²) in [4.78, 5) is 12.3. The van der Waals surface area contributed by atoms with E-state index in [1.807, 2.05) is 32.9 Å². The third kappa shape index (κ3) is 5.90. The van der Waals surface area contributed by atoms with Gasteiger partial charge < -0.3 is 10.2 Å². The minimum atomic E-state index is -0.0600. The molecule has 1 aromatic rings. The molecule has 0 radical (unpaired) electrons. The predicted molar refractivity (Wildman–Crippen MR) is 116 cm³/mol. The van der Waals surface area contributed by atoms with Gasteiger partial charge in [0.05, 0.1) is 0 Å². The molecule has 150 valence electrons. The van der Waals surface area contributed by atoms with Gasteiger partial charge in [-0.1, -0.05) is 44.6 Å². The summed E-state index contributed by atoms with van der Waals surface area (Å²) >= 11 is 4.34. The molecule has 0 heterocycles. The number of hydrogen-bond donors (Lipinski definition) is 3. The van der Waals surface area contributed by atoms with Crippen molar-refractivity contribution in [3.05, 3.63) is 40.5 Å². The van der Waals surface area contributed by atoms with Gasteiger partial charge in [-0.05, 0) is 45.4 Å². The molecule has 0 spiro atoms. The predicted octanol–water partition coefficient (Wildman–Crippen LogP) is 6.22. The highest BCUT2D eigenvalue weighted by molar-refractivity contribution is 7.80. The number of phenols is 2. The molecule has 0 aliphatic heterocycles. The van der Waals surface area contributed by atoms with E-state index in [1.165, 1.54) is 0 Å². The van der Waals surface area contributed by atoms with Gasteiger partial charge in [-0.15, -0.1) is 12.6 Å². The van der Waals surface area contributed by atoms with Crippen molar-refractivity contribution in [1.29, 1.82) is 0 Å². The third-order valence-corrected chi connectivity index (χ3v) is 5.84. The summed E-state index contributed by atoms with van der Waals surface area (Å²) in [6.07, 6.45) is 9.90. The minimum absolute atomic E-state index is 0.0600. The molecule has 1 fully saturated rings. The van der Waals surface area contributed by atoms with Crippen LogP contribution in [0.25, 0.3) is 0 Å². The number of phenolic OH excluding ortho intramolecular Hbond substituents is 2. The highest BCUT2D eigenvalue weighted by atomic mass is 32.1. The normalized spacial score (nSPS) is 20.6. The molecule has 3 nitrogen and oxygen atoms in total. The number of ketones is 1. The van der Waals surface area contributed by atoms with Crippen molar-refractivity contribution in [2.24, 2.45) is 5.41 Å². The van der Waals surface area contributed by atoms with Crippen LogP contribution in [0.2, 0.25) is 0 Å². The minimum Gasteiger partial charge on any atom is -0.507 e. The van der Waals surface area contributed by atoms with Crippen molar-refractivity contribution in [3.63, 3.8) is 0 Å². The van der Waals surface area contributed by atoms with Gasteiger partial charge in [-0.2, -0.15) is 0 Å². The van der Waals surface area contributed by atoms with Crippen LogP contribution in [0.15, 0.2) is 28.7 Å². The van der Waals surface area contributed by atoms with E-state index in [-0.39, 0.29) is 16.9 Å². The Kier molecular flexibility index (Phi) is 8.67. The van der Waals surface area contributed by atoms with Gasteiger partial charge in [0.2, 0.25) is 0 Å². The molecule has 1 aliphatic rings. The van der Waals surface area contributed by atoms with Crippen LogP contribution < -0.4 is 0 Å². The Hall–Kier alpha value is -1.68. The molecule has 1 atom stereocenters. The van der Waals surface area contributed by atoms with Gasteiger partial charge >= 0.3 is 0 Å². The van der Waals surface area contributed by atoms with Crippen molar-refractivity contribution in [1.82, 2.24) is 0 Å². The lowest BCUT2D eigenvalue weighted by atomic mass is 9.75. The second-order valence-corrected chi connectivity index (χ2v) is 7.93. The number of carbonyl (C=O) groups excluding carboxylic acids is 1. The summed E-state index contributed by atoms with van der Waals surface area (Å²) in [7, 11) is 0. The Morgan fingerprint density at radius 2 is 1.74 bits per heavy atom. The third-order valence-electron chi connectivity index (χ3n) is 5.17. The standard InChI is InChI=1S/C21H28O3S.C2H6/c1-13(9-11-21(4)10-5-6-16(22)12-21)7-8-17-18(23)14(2)20(25)15(3)19(17)24;1-2/h7,9,11,23-25H,5-6,8,10,12H2,1-4H3;1-2H3/b11-9+,13-7+;/t21-;/m1./s1. The number of Topliss-reactive ketones (excluding diaryl/α,β-unsaturated/α-hetero) is 1. The van der Waals surface area contributed by atoms with Crippen LogP contribution in [0, 0.1) is 19.3 Å². The Morgan fingerprint density at radius 3 is 2.26 bits per heavy atom. The molecule has 1 aromatic carbocycles. The molecule has 1 aliphatic carbocycles. The van der Waals surface area contributed by atoms with E-state index < -0.39 is 0 Å². The van der Waals surface area contributed by atoms with Gasteiger partial charge in [0.15, 0.2) is 0 Å². The lowest BCUT2D eigenvalue weighted by Crippen LogP contribution is -2.23. The fraction of sp³-hybridized carbons (Fsp3) is 0.522. The fourth-order valence-corrected chi connectivity index (χ4v) is 3.60. The molecule has 4 heteroatoms. The maximum atomic E-state index is 11.7. The molecule has 0 unspecified atom stereocenters. The summed E-state index contributed by atoms with van der Waals surface area (Å²) in [5.74, 6) is 0.546. The zero-order valence-electron chi connectivity index (χ0n) is 17.5. The molecule has 1 saturated carbocycles. The fourth-order valence-electron chi connectivity index (χ4n) is 3.39. The quantitative estimate of drug-likeness (QED) is 0.422. The molecule has 0 bridgehead atoms. The Labute approximate surface area is 169 Å². The Bertz CT molecular complexity index is 717. The van der Waals surface area contributed by atoms with Crippen molar-refractivity contribution in [2.75, 3.05) is 0 Å². The highest BCUT2D eigenvalue weighted by Gasteiger charge is 2.28. The summed E-state index contributed by atoms with van der Waals surface area (Å²) in [5.41, 5.74) is 2.88. The van der Waals surface area contributed by atoms with Gasteiger partial charge in [0.25, 0.3) is 0 Å². The lowest BCUT2D eigenvalue weighted by molar-refractivity contribution is -0.122. The SMILES string of the molecule is CC.CC(/C=C/[C@@]1(C)CCCC(=O)C1)=C\Cc1c(O)c(C)c(S)c(C)c1O. The first kappa shape index (κ1) is 23.4. The van der Waals surface area contributed by atoms with E-state index in [2.05, 4.69) is 25.6 Å². The van der Waals surface area contributed by atoms with E-state index in [1.54, 1.807) is 13.8 Å². The molecular weight excluding hydrogens is 356 g/mol. The Balaban J connectivity index is 0.00000176. The van der Waals surface area contributed by atoms with Crippen LogP contribution in [0.3, 0.4) is 0 Å². The van der Waals surface area contributed by atoms with Gasteiger partial charge in [0, 0.05) is 34.4 Å². The van der Waals surface area contributed by atoms with Crippen LogP contribution in [-0.4, -0.2) is 16.0 Å². The highest BCUT2D eigenvalue weighted by Crippen LogP contribution is 2.39. The zero-order valence-corrected chi connectivity index (χ0v) is 18.4. The number of aromatic hydroxyl groups is 2. The Morgan fingerprint density at radius 1 is 1.19 bits per heavy atom. The van der Waals surface area contributed by atoms with Gasteiger partial charge in [-0.25, -0.2) is 0 Å². The summed E-state index contributed by atoms with van der Waals surface area (Å²) in [5, 5.41) is 20.6. The van der Waals surface area contributed by atoms with Gasteiger partial charge in [-0.3, -0.25) is 4.79 Å². The van der Waals surface area contributed by atoms with Crippen molar-refractivity contribution in [3.8, 4) is 11.5 Å². The van der Waals surface area contributed by atoms with Crippen molar-refractivity contribution < 1.29 is 15.0 Å². The van der Waals surface area contributed by atoms with E-state index >= 15 is 0 Å². The number of carbonyl (C=O) groups is 1. The first-order valence-corrected chi connectivity index (χ1v) is 10.2. The number of benzene rings is 1. The maximum absolute atomic E-state index is 11.7. The van der Waals surface area contributed by atoms with Crippen LogP contribution in [-0.2, 0) is 11.2 Å². The van der Waals surface area contributed by atoms with Gasteiger partial charge in [0.1, 0.15) is 17.3 Å². The first-order chi connectivity index (χ1) is 12.6. The topological polar surface area (TPSA) is 57.5 Å². The molecule has 27 heavy (non-hydrogen) atoms. The van der Waals surface area contributed by atoms with Crippen LogP contribution in [0.1, 0.15) is 70.1 Å². The van der Waals surface area contributed by atoms with E-state index in [0.717, 1.165) is 18.4 Å². The second kappa shape index (κ2) is 10.0. The van der Waals surface area contributed by atoms with E-state index in [4.69, 9.17) is 0 Å². The van der Waals surface area contributed by atoms with Crippen molar-refractivity contribution >= 4 is 18.4 Å². The van der Waals surface area contributed by atoms with Crippen LogP contribution >= 0.6 is 12.6 Å². The summed E-state index contributed by atoms with van der Waals surface area (Å²) < 4.78 is 0. The molecule has 2 N–H and O–H groups in total. The van der Waals surface area contributed by atoms with Crippen LogP contribution in [0.5, 0.6) is 11.5 Å². The van der Waals surface area contributed by atoms with E-state index in [0.29, 0.717) is 46.6 Å². The smallest absolute Gasteiger partial charge is 0.133 e. The van der Waals surface area contributed by atoms with Crippen LogP contribution in [0.4, 0.5) is 0 Å². The molecule has 0 amide bonds. The zero-order chi connectivity index (χ0) is 20.8.